The summed E-state index contributed by atoms with van der Waals surface area (Å²) >= 11 is 3.17. The van der Waals surface area contributed by atoms with Crippen LogP contribution in [0.2, 0.25) is 0 Å². The fourth-order valence-electron chi connectivity index (χ4n) is 1.03. The van der Waals surface area contributed by atoms with Gasteiger partial charge in [0.1, 0.15) is 11.6 Å². The first-order valence-corrected chi connectivity index (χ1v) is 5.83. The van der Waals surface area contributed by atoms with Crippen molar-refractivity contribution in [2.75, 3.05) is 0 Å². The lowest BCUT2D eigenvalue weighted by molar-refractivity contribution is -0.129. The van der Waals surface area contributed by atoms with Crippen LogP contribution in [0.15, 0.2) is 24.3 Å². The quantitative estimate of drug-likeness (QED) is 0.796. The van der Waals surface area contributed by atoms with E-state index in [0.717, 1.165) is 0 Å². The van der Waals surface area contributed by atoms with Crippen LogP contribution in [0, 0.1) is 11.2 Å². The number of halogens is 2. The van der Waals surface area contributed by atoms with Crippen molar-refractivity contribution in [1.29, 1.82) is 0 Å². The summed E-state index contributed by atoms with van der Waals surface area (Å²) in [6.45, 7) is 5.45. The highest BCUT2D eigenvalue weighted by atomic mass is 79.9. The molecule has 0 amide bonds. The number of alkyl halides is 1. The molecular formula is C12H14BrFO2. The lowest BCUT2D eigenvalue weighted by Crippen LogP contribution is -2.32. The van der Waals surface area contributed by atoms with E-state index >= 15 is 0 Å². The summed E-state index contributed by atoms with van der Waals surface area (Å²) in [4.78, 5) is 11.8. The van der Waals surface area contributed by atoms with E-state index in [1.54, 1.807) is 0 Å². The van der Waals surface area contributed by atoms with Gasteiger partial charge in [-0.1, -0.05) is 20.8 Å². The molecule has 1 unspecified atom stereocenters. The molecular weight excluding hydrogens is 275 g/mol. The number of carbonyl (C=O) groups is 1. The minimum atomic E-state index is -0.710. The van der Waals surface area contributed by atoms with Gasteiger partial charge in [-0.3, -0.25) is 4.79 Å². The molecule has 0 saturated heterocycles. The van der Waals surface area contributed by atoms with Gasteiger partial charge in [-0.15, -0.1) is 0 Å². The molecule has 0 aliphatic heterocycles. The van der Waals surface area contributed by atoms with Crippen LogP contribution >= 0.6 is 15.9 Å². The Labute approximate surface area is 103 Å². The van der Waals surface area contributed by atoms with Crippen LogP contribution in [-0.2, 0) is 4.79 Å². The second-order valence-electron chi connectivity index (χ2n) is 4.50. The smallest absolute Gasteiger partial charge is 0.211 e. The number of Topliss-reactive ketones (excluding diaryl/α,β-unsaturated/α-hetero) is 1. The summed E-state index contributed by atoms with van der Waals surface area (Å²) in [5, 5.41) is -0.710. The SMILES string of the molecule is CC(C)(C)C(=O)C(Br)Oc1ccc(F)cc1. The monoisotopic (exact) mass is 288 g/mol. The summed E-state index contributed by atoms with van der Waals surface area (Å²) in [5.74, 6) is 0.0679. The highest BCUT2D eigenvalue weighted by molar-refractivity contribution is 9.09. The number of ether oxygens (including phenoxy) is 1. The van der Waals surface area contributed by atoms with Gasteiger partial charge in [0.25, 0.3) is 0 Å². The van der Waals surface area contributed by atoms with Gasteiger partial charge in [0.15, 0.2) is 5.78 Å². The summed E-state index contributed by atoms with van der Waals surface area (Å²) in [6, 6.07) is 5.55. The van der Waals surface area contributed by atoms with Crippen molar-refractivity contribution in [2.45, 2.75) is 25.8 Å². The predicted octanol–water partition coefficient (Wildman–Crippen LogP) is 3.54. The molecule has 2 nitrogen and oxygen atoms in total. The van der Waals surface area contributed by atoms with Gasteiger partial charge >= 0.3 is 0 Å². The number of ketones is 1. The zero-order valence-corrected chi connectivity index (χ0v) is 11.0. The van der Waals surface area contributed by atoms with Crippen molar-refractivity contribution in [1.82, 2.24) is 0 Å². The number of hydrogen-bond donors (Lipinski definition) is 0. The van der Waals surface area contributed by atoms with E-state index in [1.165, 1.54) is 24.3 Å². The first kappa shape index (κ1) is 13.2. The molecule has 4 heteroatoms. The second kappa shape index (κ2) is 4.95. The van der Waals surface area contributed by atoms with E-state index in [-0.39, 0.29) is 11.6 Å². The Balaban J connectivity index is 2.68. The van der Waals surface area contributed by atoms with Crippen LogP contribution in [0.25, 0.3) is 0 Å². The van der Waals surface area contributed by atoms with Crippen molar-refractivity contribution >= 4 is 21.7 Å². The van der Waals surface area contributed by atoms with Gasteiger partial charge in [0.2, 0.25) is 5.01 Å². The Bertz CT molecular complexity index is 368. The van der Waals surface area contributed by atoms with E-state index in [4.69, 9.17) is 4.74 Å². The minimum absolute atomic E-state index is 0.0585. The maximum absolute atomic E-state index is 12.6. The standard InChI is InChI=1S/C12H14BrFO2/c1-12(2,3)10(15)11(13)16-9-6-4-8(14)5-7-9/h4-7,11H,1-3H3. The number of benzene rings is 1. The first-order valence-electron chi connectivity index (χ1n) is 4.91. The lowest BCUT2D eigenvalue weighted by Gasteiger charge is -2.21. The van der Waals surface area contributed by atoms with Crippen LogP contribution in [-0.4, -0.2) is 10.8 Å². The Kier molecular flexibility index (Phi) is 4.08. The van der Waals surface area contributed by atoms with Crippen molar-refractivity contribution < 1.29 is 13.9 Å². The van der Waals surface area contributed by atoms with Gasteiger partial charge in [-0.05, 0) is 40.2 Å². The summed E-state index contributed by atoms with van der Waals surface area (Å²) in [5.41, 5.74) is -0.478. The third-order valence-corrected chi connectivity index (χ3v) is 2.60. The summed E-state index contributed by atoms with van der Waals surface area (Å²) in [6.07, 6.45) is 0. The van der Waals surface area contributed by atoms with Crippen LogP contribution in [0.4, 0.5) is 4.39 Å². The molecule has 0 aromatic heterocycles. The molecule has 0 aliphatic rings. The van der Waals surface area contributed by atoms with E-state index in [2.05, 4.69) is 15.9 Å². The largest absolute Gasteiger partial charge is 0.471 e. The Morgan fingerprint density at radius 3 is 2.25 bits per heavy atom. The summed E-state index contributed by atoms with van der Waals surface area (Å²) < 4.78 is 18.0. The highest BCUT2D eigenvalue weighted by Gasteiger charge is 2.29. The average Bonchev–Trinajstić information content (AvgIpc) is 2.19. The lowest BCUT2D eigenvalue weighted by atomic mass is 9.91. The molecule has 1 rings (SSSR count). The highest BCUT2D eigenvalue weighted by Crippen LogP contribution is 2.23. The van der Waals surface area contributed by atoms with E-state index in [9.17, 15) is 9.18 Å². The van der Waals surface area contributed by atoms with Crippen LogP contribution in [0.5, 0.6) is 5.75 Å². The molecule has 0 heterocycles. The summed E-state index contributed by atoms with van der Waals surface area (Å²) in [7, 11) is 0. The number of hydrogen-bond acceptors (Lipinski definition) is 2. The molecule has 0 aliphatic carbocycles. The van der Waals surface area contributed by atoms with Crippen LogP contribution < -0.4 is 4.74 Å². The molecule has 0 N–H and O–H groups in total. The van der Waals surface area contributed by atoms with Crippen molar-refractivity contribution in [2.24, 2.45) is 5.41 Å². The third kappa shape index (κ3) is 3.59. The third-order valence-electron chi connectivity index (χ3n) is 2.00. The Hall–Kier alpha value is -0.900. The van der Waals surface area contributed by atoms with Gasteiger partial charge in [-0.25, -0.2) is 4.39 Å². The minimum Gasteiger partial charge on any atom is -0.471 e. The number of carbonyl (C=O) groups excluding carboxylic acids is 1. The molecule has 88 valence electrons. The zero-order chi connectivity index (χ0) is 12.3. The zero-order valence-electron chi connectivity index (χ0n) is 9.46. The van der Waals surface area contributed by atoms with Crippen molar-refractivity contribution in [3.05, 3.63) is 30.1 Å². The van der Waals surface area contributed by atoms with E-state index < -0.39 is 10.4 Å². The van der Waals surface area contributed by atoms with E-state index in [1.807, 2.05) is 20.8 Å². The van der Waals surface area contributed by atoms with E-state index in [0.29, 0.717) is 5.75 Å². The van der Waals surface area contributed by atoms with Gasteiger partial charge < -0.3 is 4.74 Å². The molecule has 0 saturated carbocycles. The molecule has 0 bridgehead atoms. The molecule has 1 atom stereocenters. The maximum atomic E-state index is 12.6. The first-order chi connectivity index (χ1) is 7.30. The molecule has 1 aromatic carbocycles. The molecule has 16 heavy (non-hydrogen) atoms. The van der Waals surface area contributed by atoms with Crippen molar-refractivity contribution in [3.8, 4) is 5.75 Å². The van der Waals surface area contributed by atoms with Gasteiger partial charge in [0.05, 0.1) is 0 Å². The molecule has 0 fully saturated rings. The predicted molar refractivity (Wildman–Crippen MR) is 64.2 cm³/mol. The fourth-order valence-corrected chi connectivity index (χ4v) is 1.93. The fraction of sp³-hybridized carbons (Fsp3) is 0.417. The molecule has 1 aromatic rings. The van der Waals surface area contributed by atoms with Crippen LogP contribution in [0.1, 0.15) is 20.8 Å². The van der Waals surface area contributed by atoms with Gasteiger partial charge in [-0.2, -0.15) is 0 Å². The van der Waals surface area contributed by atoms with Crippen LogP contribution in [0.3, 0.4) is 0 Å². The van der Waals surface area contributed by atoms with Crippen molar-refractivity contribution in [3.63, 3.8) is 0 Å². The normalized spacial score (nSPS) is 13.3. The second-order valence-corrected chi connectivity index (χ2v) is 5.33. The van der Waals surface area contributed by atoms with Gasteiger partial charge in [0, 0.05) is 5.41 Å². The Morgan fingerprint density at radius 2 is 1.81 bits per heavy atom. The topological polar surface area (TPSA) is 26.3 Å². The average molecular weight is 289 g/mol. The Morgan fingerprint density at radius 1 is 1.31 bits per heavy atom. The maximum Gasteiger partial charge on any atom is 0.211 e. The number of rotatable bonds is 3. The molecule has 0 radical (unpaired) electrons. The molecule has 0 spiro atoms.